The monoisotopic (exact) mass is 232 g/mol. The number of Topliss-reactive ketones (excluding diaryl/α,β-unsaturated/α-hetero) is 2. The first-order valence-corrected chi connectivity index (χ1v) is 4.78. The summed E-state index contributed by atoms with van der Waals surface area (Å²) < 4.78 is 0. The zero-order chi connectivity index (χ0) is 12.9. The highest BCUT2D eigenvalue weighted by Crippen LogP contribution is 2.24. The lowest BCUT2D eigenvalue weighted by molar-refractivity contribution is -0.236. The third-order valence-corrected chi connectivity index (χ3v) is 2.34. The molecule has 16 heavy (non-hydrogen) atoms. The standard InChI is InChI=1S/C10H16O6/c1-6(11)8(12)4-7(10(2,3)14)5-9(13)16-15/h7,14-15H,4-5H2,1-3H3. The molecular weight excluding hydrogens is 216 g/mol. The quantitative estimate of drug-likeness (QED) is 0.388. The van der Waals surface area contributed by atoms with E-state index in [9.17, 15) is 19.5 Å². The highest BCUT2D eigenvalue weighted by molar-refractivity contribution is 6.36. The first kappa shape index (κ1) is 14.7. The van der Waals surface area contributed by atoms with Crippen LogP contribution in [0.25, 0.3) is 0 Å². The smallest absolute Gasteiger partial charge is 0.342 e. The number of carbonyl (C=O) groups is 3. The number of hydrogen-bond donors (Lipinski definition) is 2. The van der Waals surface area contributed by atoms with Gasteiger partial charge < -0.3 is 9.99 Å². The van der Waals surface area contributed by atoms with E-state index in [0.717, 1.165) is 6.92 Å². The van der Waals surface area contributed by atoms with Crippen LogP contribution in [0.3, 0.4) is 0 Å². The number of hydrogen-bond acceptors (Lipinski definition) is 6. The van der Waals surface area contributed by atoms with Gasteiger partial charge in [0.15, 0.2) is 11.6 Å². The van der Waals surface area contributed by atoms with Crippen molar-refractivity contribution in [1.29, 1.82) is 0 Å². The predicted octanol–water partition coefficient (Wildman–Crippen LogP) is 0.328. The van der Waals surface area contributed by atoms with Gasteiger partial charge in [-0.1, -0.05) is 0 Å². The SMILES string of the molecule is CC(=O)C(=O)CC(CC(=O)OO)C(C)(C)O. The van der Waals surface area contributed by atoms with Crippen LogP contribution in [0.1, 0.15) is 33.6 Å². The third kappa shape index (κ3) is 4.99. The van der Waals surface area contributed by atoms with E-state index in [2.05, 4.69) is 4.89 Å². The highest BCUT2D eigenvalue weighted by atomic mass is 17.1. The molecule has 0 heterocycles. The minimum atomic E-state index is -1.32. The molecule has 92 valence electrons. The molecular formula is C10H16O6. The summed E-state index contributed by atoms with van der Waals surface area (Å²) >= 11 is 0. The average molecular weight is 232 g/mol. The van der Waals surface area contributed by atoms with E-state index in [1.54, 1.807) is 0 Å². The third-order valence-electron chi connectivity index (χ3n) is 2.34. The van der Waals surface area contributed by atoms with Gasteiger partial charge in [-0.15, -0.1) is 0 Å². The lowest BCUT2D eigenvalue weighted by Gasteiger charge is -2.27. The summed E-state index contributed by atoms with van der Waals surface area (Å²) in [6, 6.07) is 0. The number of aliphatic hydroxyl groups is 1. The van der Waals surface area contributed by atoms with Crippen molar-refractivity contribution in [2.24, 2.45) is 5.92 Å². The molecule has 1 unspecified atom stereocenters. The van der Waals surface area contributed by atoms with Crippen LogP contribution >= 0.6 is 0 Å². The van der Waals surface area contributed by atoms with Crippen molar-refractivity contribution in [3.63, 3.8) is 0 Å². The van der Waals surface area contributed by atoms with Crippen LogP contribution in [0, 0.1) is 5.92 Å². The van der Waals surface area contributed by atoms with E-state index in [-0.39, 0.29) is 12.8 Å². The molecule has 0 radical (unpaired) electrons. The molecule has 0 bridgehead atoms. The summed E-state index contributed by atoms with van der Waals surface area (Å²) in [6.07, 6.45) is -0.590. The van der Waals surface area contributed by atoms with Crippen LogP contribution in [0.2, 0.25) is 0 Å². The molecule has 0 aromatic carbocycles. The van der Waals surface area contributed by atoms with Gasteiger partial charge >= 0.3 is 5.97 Å². The number of ketones is 2. The second kappa shape index (κ2) is 5.72. The molecule has 0 amide bonds. The van der Waals surface area contributed by atoms with Crippen molar-refractivity contribution < 1.29 is 29.6 Å². The Labute approximate surface area is 93.1 Å². The lowest BCUT2D eigenvalue weighted by atomic mass is 9.83. The normalized spacial score (nSPS) is 13.1. The Bertz CT molecular complexity index is 288. The van der Waals surface area contributed by atoms with Crippen molar-refractivity contribution in [3.8, 4) is 0 Å². The van der Waals surface area contributed by atoms with Gasteiger partial charge in [-0.2, -0.15) is 5.26 Å². The molecule has 0 aromatic heterocycles. The average Bonchev–Trinajstić information content (AvgIpc) is 2.14. The Hall–Kier alpha value is -1.27. The zero-order valence-electron chi connectivity index (χ0n) is 9.52. The van der Waals surface area contributed by atoms with Gasteiger partial charge in [0.1, 0.15) is 0 Å². The van der Waals surface area contributed by atoms with Crippen molar-refractivity contribution in [3.05, 3.63) is 0 Å². The first-order chi connectivity index (χ1) is 7.18. The summed E-state index contributed by atoms with van der Waals surface area (Å²) in [4.78, 5) is 36.3. The van der Waals surface area contributed by atoms with Crippen molar-refractivity contribution in [2.75, 3.05) is 0 Å². The zero-order valence-corrected chi connectivity index (χ0v) is 9.52. The van der Waals surface area contributed by atoms with Crippen LogP contribution in [0.4, 0.5) is 0 Å². The first-order valence-electron chi connectivity index (χ1n) is 4.78. The molecule has 1 atom stereocenters. The minimum Gasteiger partial charge on any atom is -0.390 e. The van der Waals surface area contributed by atoms with E-state index < -0.39 is 29.1 Å². The Morgan fingerprint density at radius 2 is 1.75 bits per heavy atom. The van der Waals surface area contributed by atoms with Gasteiger partial charge in [-0.25, -0.2) is 4.79 Å². The highest BCUT2D eigenvalue weighted by Gasteiger charge is 2.32. The fourth-order valence-electron chi connectivity index (χ4n) is 1.18. The Kier molecular flexibility index (Phi) is 5.26. The maximum atomic E-state index is 11.2. The number of carbonyl (C=O) groups excluding carboxylic acids is 3. The molecule has 0 aliphatic carbocycles. The molecule has 0 aromatic rings. The van der Waals surface area contributed by atoms with Crippen LogP contribution < -0.4 is 0 Å². The van der Waals surface area contributed by atoms with E-state index in [1.807, 2.05) is 0 Å². The minimum absolute atomic E-state index is 0.256. The van der Waals surface area contributed by atoms with E-state index in [0.29, 0.717) is 0 Å². The molecule has 6 nitrogen and oxygen atoms in total. The summed E-state index contributed by atoms with van der Waals surface area (Å²) in [5.74, 6) is -3.03. The molecule has 0 saturated heterocycles. The van der Waals surface area contributed by atoms with Crippen LogP contribution in [0.15, 0.2) is 0 Å². The fraction of sp³-hybridized carbons (Fsp3) is 0.700. The van der Waals surface area contributed by atoms with Gasteiger partial charge in [0, 0.05) is 19.3 Å². The Morgan fingerprint density at radius 1 is 1.25 bits per heavy atom. The van der Waals surface area contributed by atoms with E-state index in [1.165, 1.54) is 13.8 Å². The van der Waals surface area contributed by atoms with Crippen LogP contribution in [-0.2, 0) is 19.3 Å². The Morgan fingerprint density at radius 3 is 2.06 bits per heavy atom. The molecule has 0 spiro atoms. The van der Waals surface area contributed by atoms with Crippen LogP contribution in [-0.4, -0.2) is 33.5 Å². The van der Waals surface area contributed by atoms with Gasteiger partial charge in [-0.05, 0) is 13.8 Å². The van der Waals surface area contributed by atoms with Gasteiger partial charge in [0.2, 0.25) is 0 Å². The molecule has 0 saturated carbocycles. The second-order valence-corrected chi connectivity index (χ2v) is 4.20. The molecule has 6 heteroatoms. The van der Waals surface area contributed by atoms with E-state index in [4.69, 9.17) is 5.26 Å². The molecule has 2 N–H and O–H groups in total. The fourth-order valence-corrected chi connectivity index (χ4v) is 1.18. The summed E-state index contributed by atoms with van der Waals surface area (Å²) in [6.45, 7) is 3.94. The second-order valence-electron chi connectivity index (χ2n) is 4.20. The Balaban J connectivity index is 4.63. The van der Waals surface area contributed by atoms with Gasteiger partial charge in [-0.3, -0.25) is 9.59 Å². The van der Waals surface area contributed by atoms with Gasteiger partial charge in [0.25, 0.3) is 0 Å². The van der Waals surface area contributed by atoms with Crippen LogP contribution in [0.5, 0.6) is 0 Å². The van der Waals surface area contributed by atoms with Gasteiger partial charge in [0.05, 0.1) is 12.0 Å². The predicted molar refractivity (Wildman–Crippen MR) is 53.4 cm³/mol. The largest absolute Gasteiger partial charge is 0.390 e. The molecule has 0 fully saturated rings. The number of rotatable bonds is 6. The summed E-state index contributed by atoms with van der Waals surface area (Å²) in [5.41, 5.74) is -1.32. The van der Waals surface area contributed by atoms with E-state index >= 15 is 0 Å². The maximum Gasteiger partial charge on any atom is 0.342 e. The summed E-state index contributed by atoms with van der Waals surface area (Å²) in [7, 11) is 0. The molecule has 0 aliphatic rings. The lowest BCUT2D eigenvalue weighted by Crippen LogP contribution is -2.35. The summed E-state index contributed by atoms with van der Waals surface area (Å²) in [5, 5.41) is 17.8. The van der Waals surface area contributed by atoms with Crippen molar-refractivity contribution in [1.82, 2.24) is 0 Å². The topological polar surface area (TPSA) is 101 Å². The van der Waals surface area contributed by atoms with Crippen molar-refractivity contribution >= 4 is 17.5 Å². The maximum absolute atomic E-state index is 11.2. The molecule has 0 rings (SSSR count). The molecule has 0 aliphatic heterocycles. The van der Waals surface area contributed by atoms with Crippen molar-refractivity contribution in [2.45, 2.75) is 39.2 Å².